The first-order valence-electron chi connectivity index (χ1n) is 11.4. The van der Waals surface area contributed by atoms with Crippen LogP contribution >= 0.6 is 11.8 Å². The second-order valence-electron chi connectivity index (χ2n) is 9.00. The average molecular weight is 467 g/mol. The summed E-state index contributed by atoms with van der Waals surface area (Å²) in [5.41, 5.74) is 4.33. The van der Waals surface area contributed by atoms with Crippen LogP contribution in [0.15, 0.2) is 47.6 Å². The number of aryl methyl sites for hydroxylation is 2. The van der Waals surface area contributed by atoms with Crippen LogP contribution in [-0.4, -0.2) is 26.4 Å². The summed E-state index contributed by atoms with van der Waals surface area (Å²) in [5.74, 6) is 2.21. The molecule has 3 aromatic rings. The number of rotatable bonds is 9. The molecule has 176 valence electrons. The molecular weight excluding hydrogens is 432 g/mol. The fourth-order valence-electron chi connectivity index (χ4n) is 3.71. The molecule has 1 atom stereocenters. The highest BCUT2D eigenvalue weighted by molar-refractivity contribution is 7.99. The first kappa shape index (κ1) is 24.8. The topological polar surface area (TPSA) is 69.0 Å². The molecule has 0 bridgehead atoms. The van der Waals surface area contributed by atoms with Gasteiger partial charge in [-0.3, -0.25) is 4.79 Å². The number of ether oxygens (including phenoxy) is 1. The Morgan fingerprint density at radius 3 is 2.21 bits per heavy atom. The number of amides is 1. The third-order valence-electron chi connectivity index (χ3n) is 5.27. The lowest BCUT2D eigenvalue weighted by Gasteiger charge is -2.19. The molecule has 0 spiro atoms. The molecule has 0 radical (unpaired) electrons. The molecule has 1 heterocycles. The van der Waals surface area contributed by atoms with E-state index in [0.29, 0.717) is 11.1 Å². The summed E-state index contributed by atoms with van der Waals surface area (Å²) in [6, 6.07) is 14.3. The van der Waals surface area contributed by atoms with Crippen molar-refractivity contribution in [1.29, 1.82) is 0 Å². The summed E-state index contributed by atoms with van der Waals surface area (Å²) in [6.45, 7) is 14.5. The molecule has 1 amide bonds. The second kappa shape index (κ2) is 10.9. The minimum Gasteiger partial charge on any atom is -0.483 e. The van der Waals surface area contributed by atoms with Gasteiger partial charge < -0.3 is 14.6 Å². The fourth-order valence-corrected chi connectivity index (χ4v) is 4.59. The molecule has 1 aromatic heterocycles. The van der Waals surface area contributed by atoms with Crippen LogP contribution in [0, 0.1) is 13.8 Å². The van der Waals surface area contributed by atoms with Crippen molar-refractivity contribution in [3.63, 3.8) is 0 Å². The number of nitrogens with one attached hydrogen (secondary N) is 1. The van der Waals surface area contributed by atoms with E-state index in [4.69, 9.17) is 4.74 Å². The summed E-state index contributed by atoms with van der Waals surface area (Å²) >= 11 is 1.38. The van der Waals surface area contributed by atoms with Gasteiger partial charge in [0.15, 0.2) is 17.1 Å². The SMILES string of the molecule is Cc1cc(C)cc(NC(=O)CSc2nnc(C(C)Oc3ccc(C(C)C)cc3)n2C(C)C)c1. The predicted molar refractivity (Wildman–Crippen MR) is 135 cm³/mol. The van der Waals surface area contributed by atoms with E-state index in [0.717, 1.165) is 28.4 Å². The Morgan fingerprint density at radius 2 is 1.64 bits per heavy atom. The quantitative estimate of drug-likeness (QED) is 0.366. The second-order valence-corrected chi connectivity index (χ2v) is 9.94. The van der Waals surface area contributed by atoms with E-state index < -0.39 is 0 Å². The number of carbonyl (C=O) groups is 1. The Labute approximate surface area is 201 Å². The Kier molecular flexibility index (Phi) is 8.19. The molecule has 0 aliphatic heterocycles. The van der Waals surface area contributed by atoms with Gasteiger partial charge in [0, 0.05) is 11.7 Å². The third-order valence-corrected chi connectivity index (χ3v) is 6.21. The van der Waals surface area contributed by atoms with Gasteiger partial charge in [0.25, 0.3) is 0 Å². The maximum absolute atomic E-state index is 12.5. The van der Waals surface area contributed by atoms with Crippen LogP contribution in [0.25, 0.3) is 0 Å². The van der Waals surface area contributed by atoms with Gasteiger partial charge in [0.05, 0.1) is 5.75 Å². The fraction of sp³-hybridized carbons (Fsp3) is 0.423. The van der Waals surface area contributed by atoms with Gasteiger partial charge in [-0.25, -0.2) is 0 Å². The maximum atomic E-state index is 12.5. The van der Waals surface area contributed by atoms with Crippen molar-refractivity contribution in [1.82, 2.24) is 14.8 Å². The number of nitrogens with zero attached hydrogens (tertiary/aromatic N) is 3. The smallest absolute Gasteiger partial charge is 0.234 e. The van der Waals surface area contributed by atoms with Gasteiger partial charge in [0.1, 0.15) is 5.75 Å². The van der Waals surface area contributed by atoms with E-state index in [-0.39, 0.29) is 23.8 Å². The molecule has 0 aliphatic rings. The van der Waals surface area contributed by atoms with Crippen LogP contribution in [0.3, 0.4) is 0 Å². The first-order chi connectivity index (χ1) is 15.6. The van der Waals surface area contributed by atoms with E-state index >= 15 is 0 Å². The summed E-state index contributed by atoms with van der Waals surface area (Å²) < 4.78 is 8.20. The third kappa shape index (κ3) is 6.60. The number of hydrogen-bond acceptors (Lipinski definition) is 5. The van der Waals surface area contributed by atoms with Gasteiger partial charge in [0.2, 0.25) is 5.91 Å². The van der Waals surface area contributed by atoms with Gasteiger partial charge in [-0.2, -0.15) is 0 Å². The number of hydrogen-bond donors (Lipinski definition) is 1. The average Bonchev–Trinajstić information content (AvgIpc) is 3.16. The van der Waals surface area contributed by atoms with Crippen LogP contribution in [0.4, 0.5) is 5.69 Å². The Bertz CT molecular complexity index is 1070. The highest BCUT2D eigenvalue weighted by Crippen LogP contribution is 2.28. The van der Waals surface area contributed by atoms with Gasteiger partial charge >= 0.3 is 0 Å². The van der Waals surface area contributed by atoms with Crippen LogP contribution in [-0.2, 0) is 4.79 Å². The van der Waals surface area contributed by atoms with E-state index in [9.17, 15) is 4.79 Å². The molecule has 0 saturated heterocycles. The first-order valence-corrected chi connectivity index (χ1v) is 12.3. The molecule has 1 unspecified atom stereocenters. The largest absolute Gasteiger partial charge is 0.483 e. The van der Waals surface area contributed by atoms with E-state index in [1.54, 1.807) is 0 Å². The number of benzene rings is 2. The van der Waals surface area contributed by atoms with Crippen LogP contribution in [0.5, 0.6) is 5.75 Å². The number of thioether (sulfide) groups is 1. The molecular formula is C26H34N4O2S. The van der Waals surface area contributed by atoms with E-state index in [1.807, 2.05) is 49.6 Å². The molecule has 0 saturated carbocycles. The van der Waals surface area contributed by atoms with Crippen molar-refractivity contribution < 1.29 is 9.53 Å². The molecule has 3 rings (SSSR count). The van der Waals surface area contributed by atoms with Crippen molar-refractivity contribution in [2.24, 2.45) is 0 Å². The lowest BCUT2D eigenvalue weighted by Crippen LogP contribution is -2.16. The maximum Gasteiger partial charge on any atom is 0.234 e. The highest BCUT2D eigenvalue weighted by atomic mass is 32.2. The minimum atomic E-state index is -0.275. The van der Waals surface area contributed by atoms with Gasteiger partial charge in [-0.05, 0) is 81.5 Å². The highest BCUT2D eigenvalue weighted by Gasteiger charge is 2.22. The Hall–Kier alpha value is -2.80. The standard InChI is InChI=1S/C26H34N4O2S/c1-16(2)21-8-10-23(11-9-21)32-20(7)25-28-29-26(30(25)17(3)4)33-15-24(31)27-22-13-18(5)12-19(6)14-22/h8-14,16-17,20H,15H2,1-7H3,(H,27,31). The monoisotopic (exact) mass is 466 g/mol. The summed E-state index contributed by atoms with van der Waals surface area (Å²) in [6.07, 6.45) is -0.275. The normalized spacial score (nSPS) is 12.3. The molecule has 0 fully saturated rings. The van der Waals surface area contributed by atoms with Crippen LogP contribution in [0.2, 0.25) is 0 Å². The Balaban J connectivity index is 1.67. The van der Waals surface area contributed by atoms with Crippen molar-refractivity contribution in [2.45, 2.75) is 71.7 Å². The van der Waals surface area contributed by atoms with Crippen LogP contribution in [0.1, 0.15) is 75.2 Å². The van der Waals surface area contributed by atoms with Crippen molar-refractivity contribution in [3.05, 3.63) is 65.0 Å². The van der Waals surface area contributed by atoms with Crippen molar-refractivity contribution >= 4 is 23.4 Å². The van der Waals surface area contributed by atoms with Gasteiger partial charge in [-0.15, -0.1) is 10.2 Å². The summed E-state index contributed by atoms with van der Waals surface area (Å²) in [5, 5.41) is 12.4. The molecule has 33 heavy (non-hydrogen) atoms. The lowest BCUT2D eigenvalue weighted by atomic mass is 10.0. The number of aromatic nitrogens is 3. The zero-order chi connectivity index (χ0) is 24.1. The zero-order valence-corrected chi connectivity index (χ0v) is 21.4. The van der Waals surface area contributed by atoms with Crippen molar-refractivity contribution in [3.8, 4) is 5.75 Å². The molecule has 1 N–H and O–H groups in total. The number of anilines is 1. The number of carbonyl (C=O) groups excluding carboxylic acids is 1. The van der Waals surface area contributed by atoms with E-state index in [1.165, 1.54) is 17.3 Å². The predicted octanol–water partition coefficient (Wildman–Crippen LogP) is 6.47. The molecule has 7 heteroatoms. The van der Waals surface area contributed by atoms with E-state index in [2.05, 4.69) is 61.4 Å². The summed E-state index contributed by atoms with van der Waals surface area (Å²) in [7, 11) is 0. The van der Waals surface area contributed by atoms with Crippen LogP contribution < -0.4 is 10.1 Å². The molecule has 0 aliphatic carbocycles. The lowest BCUT2D eigenvalue weighted by molar-refractivity contribution is -0.113. The molecule has 2 aromatic carbocycles. The van der Waals surface area contributed by atoms with Crippen molar-refractivity contribution in [2.75, 3.05) is 11.1 Å². The minimum absolute atomic E-state index is 0.0700. The summed E-state index contributed by atoms with van der Waals surface area (Å²) in [4.78, 5) is 12.5. The Morgan fingerprint density at radius 1 is 1.00 bits per heavy atom. The molecule has 6 nitrogen and oxygen atoms in total. The zero-order valence-electron chi connectivity index (χ0n) is 20.5. The van der Waals surface area contributed by atoms with Gasteiger partial charge in [-0.1, -0.05) is 43.8 Å².